The highest BCUT2D eigenvalue weighted by Gasteiger charge is 2.48. The van der Waals surface area contributed by atoms with Crippen molar-refractivity contribution >= 4 is 11.9 Å². The van der Waals surface area contributed by atoms with Crippen LogP contribution in [0.5, 0.6) is 17.2 Å². The van der Waals surface area contributed by atoms with Crippen molar-refractivity contribution in [3.8, 4) is 28.4 Å². The molecule has 170 valence electrons. The van der Waals surface area contributed by atoms with Gasteiger partial charge in [0.1, 0.15) is 22.8 Å². The lowest BCUT2D eigenvalue weighted by atomic mass is 9.68. The van der Waals surface area contributed by atoms with Gasteiger partial charge in [0.25, 0.3) is 0 Å². The van der Waals surface area contributed by atoms with Gasteiger partial charge < -0.3 is 29.8 Å². The molecule has 1 unspecified atom stereocenters. The van der Waals surface area contributed by atoms with E-state index in [0.717, 1.165) is 11.1 Å². The molecule has 0 radical (unpaired) electrons. The summed E-state index contributed by atoms with van der Waals surface area (Å²) in [5, 5.41) is 9.96. The first kappa shape index (κ1) is 23.0. The molecule has 0 saturated carbocycles. The average Bonchev–Trinajstić information content (AvgIpc) is 2.78. The number of hydrogen-bond acceptors (Lipinski definition) is 7. The fraction of sp³-hybridized carbons (Fsp3) is 0.333. The number of carbonyl (C=O) groups is 2. The lowest BCUT2D eigenvalue weighted by molar-refractivity contribution is -0.144. The zero-order chi connectivity index (χ0) is 23.5. The fourth-order valence-electron chi connectivity index (χ4n) is 4.13. The Morgan fingerprint density at radius 2 is 1.69 bits per heavy atom. The van der Waals surface area contributed by atoms with Gasteiger partial charge in [-0.15, -0.1) is 0 Å². The Hall–Kier alpha value is -3.68. The lowest BCUT2D eigenvalue weighted by Gasteiger charge is -2.38. The number of esters is 1. The summed E-state index contributed by atoms with van der Waals surface area (Å²) in [5.74, 6) is -0.368. The van der Waals surface area contributed by atoms with Crippen LogP contribution in [0.4, 0.5) is 0 Å². The topological polar surface area (TPSA) is 117 Å². The number of ether oxygens (including phenoxy) is 4. The predicted octanol–water partition coefficient (Wildman–Crippen LogP) is 3.62. The Morgan fingerprint density at radius 3 is 2.22 bits per heavy atom. The molecule has 2 aromatic carbocycles. The van der Waals surface area contributed by atoms with Crippen LogP contribution in [0.2, 0.25) is 0 Å². The fourth-order valence-corrected chi connectivity index (χ4v) is 4.13. The molecule has 32 heavy (non-hydrogen) atoms. The Kier molecular flexibility index (Phi) is 6.62. The molecule has 0 amide bonds. The Labute approximate surface area is 186 Å². The smallest absolute Gasteiger partial charge is 0.337 e. The molecule has 8 nitrogen and oxygen atoms in total. The van der Waals surface area contributed by atoms with E-state index >= 15 is 0 Å². The normalized spacial score (nSPS) is 17.2. The number of methoxy groups -OCH3 is 2. The summed E-state index contributed by atoms with van der Waals surface area (Å²) in [6.07, 6.45) is 0.121. The number of carbonyl (C=O) groups excluding carboxylic acids is 1. The van der Waals surface area contributed by atoms with E-state index in [1.54, 1.807) is 33.3 Å². The van der Waals surface area contributed by atoms with Gasteiger partial charge in [-0.25, -0.2) is 4.79 Å². The molecule has 1 heterocycles. The zero-order valence-corrected chi connectivity index (χ0v) is 18.6. The van der Waals surface area contributed by atoms with Crippen LogP contribution in [-0.4, -0.2) is 37.9 Å². The van der Waals surface area contributed by atoms with Gasteiger partial charge in [0, 0.05) is 17.0 Å². The maximum atomic E-state index is 12.5. The molecule has 3 N–H and O–H groups in total. The molecule has 1 aliphatic heterocycles. The number of benzene rings is 2. The van der Waals surface area contributed by atoms with Crippen molar-refractivity contribution in [3.05, 3.63) is 53.4 Å². The molecule has 8 heteroatoms. The molecule has 0 fully saturated rings. The van der Waals surface area contributed by atoms with Gasteiger partial charge >= 0.3 is 11.9 Å². The number of carboxylic acids is 1. The highest BCUT2D eigenvalue weighted by molar-refractivity contribution is 5.93. The van der Waals surface area contributed by atoms with E-state index in [1.165, 1.54) is 0 Å². The molecule has 0 saturated heterocycles. The van der Waals surface area contributed by atoms with E-state index in [4.69, 9.17) is 24.7 Å². The first-order valence-electron chi connectivity index (χ1n) is 10.2. The largest absolute Gasteiger partial charge is 0.497 e. The third kappa shape index (κ3) is 4.08. The predicted molar refractivity (Wildman–Crippen MR) is 118 cm³/mol. The number of hydrogen-bond donors (Lipinski definition) is 2. The van der Waals surface area contributed by atoms with Crippen molar-refractivity contribution in [1.29, 1.82) is 0 Å². The molecule has 1 atom stereocenters. The quantitative estimate of drug-likeness (QED) is 0.597. The Balaban J connectivity index is 2.23. The van der Waals surface area contributed by atoms with Gasteiger partial charge in [0.2, 0.25) is 5.88 Å². The molecule has 3 rings (SSSR count). The van der Waals surface area contributed by atoms with E-state index in [2.05, 4.69) is 0 Å². The van der Waals surface area contributed by atoms with Crippen LogP contribution in [0.3, 0.4) is 0 Å². The monoisotopic (exact) mass is 441 g/mol. The second kappa shape index (κ2) is 9.21. The highest BCUT2D eigenvalue weighted by atomic mass is 16.5. The van der Waals surface area contributed by atoms with Gasteiger partial charge in [0.05, 0.1) is 27.2 Å². The average molecular weight is 441 g/mol. The van der Waals surface area contributed by atoms with Crippen LogP contribution in [0.1, 0.15) is 32.3 Å². The van der Waals surface area contributed by atoms with E-state index in [0.29, 0.717) is 29.2 Å². The van der Waals surface area contributed by atoms with Crippen molar-refractivity contribution in [2.45, 2.75) is 32.1 Å². The minimum absolute atomic E-state index is 0.152. The molecular weight excluding hydrogens is 414 g/mol. The maximum absolute atomic E-state index is 12.5. The standard InChI is InChI=1S/C24H27NO7/c1-5-24(13-20(26)31-6-2)18-11-14(15-9-16(29-3)12-17(10-15)30-4)7-8-19(18)32-22(25)21(24)23(27)28/h7-12H,5-6,13,25H2,1-4H3,(H,27,28). The van der Waals surface area contributed by atoms with Gasteiger partial charge in [0.15, 0.2) is 0 Å². The van der Waals surface area contributed by atoms with Crippen LogP contribution in [-0.2, 0) is 19.7 Å². The number of fused-ring (bicyclic) bond motifs is 1. The first-order valence-corrected chi connectivity index (χ1v) is 10.2. The summed E-state index contributed by atoms with van der Waals surface area (Å²) in [4.78, 5) is 24.7. The molecule has 0 bridgehead atoms. The van der Waals surface area contributed by atoms with Gasteiger partial charge in [-0.2, -0.15) is 0 Å². The van der Waals surface area contributed by atoms with Gasteiger partial charge in [-0.3, -0.25) is 4.79 Å². The minimum atomic E-state index is -1.24. The molecular formula is C24H27NO7. The van der Waals surface area contributed by atoms with Crippen molar-refractivity contribution in [2.75, 3.05) is 20.8 Å². The van der Waals surface area contributed by atoms with E-state index in [9.17, 15) is 14.7 Å². The highest BCUT2D eigenvalue weighted by Crippen LogP contribution is 2.49. The number of nitrogens with two attached hydrogens (primary N) is 1. The van der Waals surface area contributed by atoms with Gasteiger partial charge in [-0.1, -0.05) is 13.0 Å². The van der Waals surface area contributed by atoms with Crippen LogP contribution in [0.25, 0.3) is 11.1 Å². The minimum Gasteiger partial charge on any atom is -0.497 e. The Bertz CT molecular complexity index is 1050. The first-order chi connectivity index (χ1) is 15.3. The number of carboxylic acid groups (broad SMARTS) is 1. The SMILES string of the molecule is CCOC(=O)CC1(CC)C(C(=O)O)=C(N)Oc2ccc(-c3cc(OC)cc(OC)c3)cc21. The lowest BCUT2D eigenvalue weighted by Crippen LogP contribution is -2.41. The number of rotatable bonds is 8. The second-order valence-corrected chi connectivity index (χ2v) is 7.38. The number of aliphatic carboxylic acids is 1. The van der Waals surface area contributed by atoms with E-state index in [-0.39, 0.29) is 24.5 Å². The maximum Gasteiger partial charge on any atom is 0.337 e. The van der Waals surface area contributed by atoms with Crippen molar-refractivity contribution in [3.63, 3.8) is 0 Å². The van der Waals surface area contributed by atoms with Crippen molar-refractivity contribution < 1.29 is 33.6 Å². The van der Waals surface area contributed by atoms with E-state index < -0.39 is 17.4 Å². The molecule has 0 aliphatic carbocycles. The summed E-state index contributed by atoms with van der Waals surface area (Å²) in [7, 11) is 3.13. The molecule has 0 spiro atoms. The van der Waals surface area contributed by atoms with Crippen molar-refractivity contribution in [2.24, 2.45) is 5.73 Å². The van der Waals surface area contributed by atoms with Crippen LogP contribution in [0.15, 0.2) is 47.9 Å². The van der Waals surface area contributed by atoms with E-state index in [1.807, 2.05) is 31.2 Å². The third-order valence-corrected chi connectivity index (χ3v) is 5.69. The van der Waals surface area contributed by atoms with Gasteiger partial charge in [-0.05, 0) is 48.7 Å². The summed E-state index contributed by atoms with van der Waals surface area (Å²) in [5.41, 5.74) is 6.77. The molecule has 0 aromatic heterocycles. The zero-order valence-electron chi connectivity index (χ0n) is 18.6. The molecule has 2 aromatic rings. The summed E-state index contributed by atoms with van der Waals surface area (Å²) >= 11 is 0. The molecule has 1 aliphatic rings. The van der Waals surface area contributed by atoms with Crippen LogP contribution in [0, 0.1) is 0 Å². The summed E-state index contributed by atoms with van der Waals surface area (Å²) in [6.45, 7) is 3.70. The van der Waals surface area contributed by atoms with Crippen LogP contribution >= 0.6 is 0 Å². The summed E-state index contributed by atoms with van der Waals surface area (Å²) < 4.78 is 21.6. The second-order valence-electron chi connectivity index (χ2n) is 7.38. The summed E-state index contributed by atoms with van der Waals surface area (Å²) in [6, 6.07) is 10.8. The Morgan fingerprint density at radius 1 is 1.03 bits per heavy atom. The van der Waals surface area contributed by atoms with Crippen molar-refractivity contribution in [1.82, 2.24) is 0 Å². The van der Waals surface area contributed by atoms with Crippen LogP contribution < -0.4 is 19.9 Å². The third-order valence-electron chi connectivity index (χ3n) is 5.69.